The van der Waals surface area contributed by atoms with Crippen LogP contribution < -0.4 is 10.1 Å². The van der Waals surface area contributed by atoms with Gasteiger partial charge in [-0.15, -0.1) is 0 Å². The lowest BCUT2D eigenvalue weighted by Gasteiger charge is -2.13. The molecule has 0 spiro atoms. The number of para-hydroxylation sites is 2. The molecule has 0 fully saturated rings. The van der Waals surface area contributed by atoms with Crippen LogP contribution >= 0.6 is 23.2 Å². The SMILES string of the molecule is O=C(Nc1ccccc1OCc1cc(Cl)ccc1Cl)C(=O)c1cccnc1. The van der Waals surface area contributed by atoms with E-state index in [0.717, 1.165) is 0 Å². The number of aromatic nitrogens is 1. The summed E-state index contributed by atoms with van der Waals surface area (Å²) in [6.07, 6.45) is 2.87. The van der Waals surface area contributed by atoms with Gasteiger partial charge in [-0.1, -0.05) is 35.3 Å². The van der Waals surface area contributed by atoms with Crippen molar-refractivity contribution < 1.29 is 14.3 Å². The highest BCUT2D eigenvalue weighted by atomic mass is 35.5. The Hall–Kier alpha value is -2.89. The Morgan fingerprint density at radius 2 is 1.85 bits per heavy atom. The van der Waals surface area contributed by atoms with E-state index in [9.17, 15) is 9.59 Å². The standard InChI is InChI=1S/C20H14Cl2N2O3/c21-15-7-8-16(22)14(10-15)12-27-18-6-2-1-5-17(18)24-20(26)19(25)13-4-3-9-23-11-13/h1-11H,12H2,(H,24,26). The van der Waals surface area contributed by atoms with E-state index >= 15 is 0 Å². The van der Waals surface area contributed by atoms with Crippen molar-refractivity contribution in [2.24, 2.45) is 0 Å². The molecule has 27 heavy (non-hydrogen) atoms. The van der Waals surface area contributed by atoms with Crippen molar-refractivity contribution in [3.05, 3.63) is 88.2 Å². The van der Waals surface area contributed by atoms with Crippen LogP contribution in [0.1, 0.15) is 15.9 Å². The molecule has 0 unspecified atom stereocenters. The van der Waals surface area contributed by atoms with E-state index in [-0.39, 0.29) is 12.2 Å². The third-order valence-corrected chi connectivity index (χ3v) is 4.26. The van der Waals surface area contributed by atoms with Crippen LogP contribution in [0, 0.1) is 0 Å². The first-order valence-corrected chi connectivity index (χ1v) is 8.71. The number of pyridine rings is 1. The number of anilines is 1. The Morgan fingerprint density at radius 1 is 1.04 bits per heavy atom. The molecule has 1 aromatic heterocycles. The molecular formula is C20H14Cl2N2O3. The van der Waals surface area contributed by atoms with E-state index in [2.05, 4.69) is 10.3 Å². The second-order valence-electron chi connectivity index (χ2n) is 5.55. The molecule has 3 rings (SSSR count). The van der Waals surface area contributed by atoms with Gasteiger partial charge in [0, 0.05) is 33.6 Å². The van der Waals surface area contributed by atoms with Gasteiger partial charge in [0.1, 0.15) is 12.4 Å². The molecule has 0 bridgehead atoms. The van der Waals surface area contributed by atoms with Gasteiger partial charge in [-0.3, -0.25) is 14.6 Å². The van der Waals surface area contributed by atoms with E-state index in [4.69, 9.17) is 27.9 Å². The molecule has 0 radical (unpaired) electrons. The van der Waals surface area contributed by atoms with Gasteiger partial charge in [-0.05, 0) is 42.5 Å². The van der Waals surface area contributed by atoms with Crippen molar-refractivity contribution in [2.45, 2.75) is 6.61 Å². The third kappa shape index (κ3) is 4.84. The number of nitrogens with zero attached hydrogens (tertiary/aromatic N) is 1. The van der Waals surface area contributed by atoms with E-state index in [0.29, 0.717) is 27.0 Å². The number of halogens is 2. The van der Waals surface area contributed by atoms with E-state index < -0.39 is 11.7 Å². The summed E-state index contributed by atoms with van der Waals surface area (Å²) in [5.41, 5.74) is 1.29. The Morgan fingerprint density at radius 3 is 2.63 bits per heavy atom. The summed E-state index contributed by atoms with van der Waals surface area (Å²) in [7, 11) is 0. The first-order valence-electron chi connectivity index (χ1n) is 7.96. The highest BCUT2D eigenvalue weighted by Crippen LogP contribution is 2.27. The molecule has 5 nitrogen and oxygen atoms in total. The van der Waals surface area contributed by atoms with Crippen molar-refractivity contribution in [1.82, 2.24) is 4.98 Å². The van der Waals surface area contributed by atoms with Gasteiger partial charge in [0.15, 0.2) is 0 Å². The smallest absolute Gasteiger partial charge is 0.296 e. The average molecular weight is 401 g/mol. The molecule has 0 atom stereocenters. The van der Waals surface area contributed by atoms with E-state index in [1.165, 1.54) is 18.5 Å². The molecule has 2 aromatic carbocycles. The average Bonchev–Trinajstić information content (AvgIpc) is 2.69. The molecule has 0 aliphatic heterocycles. The maximum absolute atomic E-state index is 12.3. The van der Waals surface area contributed by atoms with E-state index in [1.54, 1.807) is 48.5 Å². The number of rotatable bonds is 6. The number of carbonyl (C=O) groups excluding carboxylic acids is 2. The second kappa shape index (κ2) is 8.66. The molecule has 7 heteroatoms. The van der Waals surface area contributed by atoms with Gasteiger partial charge in [0.25, 0.3) is 11.7 Å². The zero-order valence-corrected chi connectivity index (χ0v) is 15.5. The Kier molecular flexibility index (Phi) is 6.06. The summed E-state index contributed by atoms with van der Waals surface area (Å²) in [6.45, 7) is 0.156. The number of benzene rings is 2. The topological polar surface area (TPSA) is 68.3 Å². The minimum Gasteiger partial charge on any atom is -0.487 e. The third-order valence-electron chi connectivity index (χ3n) is 3.66. The molecule has 136 valence electrons. The van der Waals surface area contributed by atoms with Gasteiger partial charge in [0.05, 0.1) is 5.69 Å². The van der Waals surface area contributed by atoms with Gasteiger partial charge < -0.3 is 10.1 Å². The van der Waals surface area contributed by atoms with Crippen molar-refractivity contribution in [3.8, 4) is 5.75 Å². The van der Waals surface area contributed by atoms with Gasteiger partial charge >= 0.3 is 0 Å². The molecule has 1 heterocycles. The normalized spacial score (nSPS) is 10.3. The summed E-state index contributed by atoms with van der Waals surface area (Å²) < 4.78 is 5.76. The number of hydrogen-bond acceptors (Lipinski definition) is 4. The second-order valence-corrected chi connectivity index (χ2v) is 6.39. The highest BCUT2D eigenvalue weighted by Gasteiger charge is 2.18. The summed E-state index contributed by atoms with van der Waals surface area (Å²) in [6, 6.07) is 15.0. The first-order chi connectivity index (χ1) is 13.0. The number of hydrogen-bond donors (Lipinski definition) is 1. The van der Waals surface area contributed by atoms with Crippen molar-refractivity contribution >= 4 is 40.6 Å². The maximum Gasteiger partial charge on any atom is 0.296 e. The maximum atomic E-state index is 12.3. The number of Topliss-reactive ketones (excluding diaryl/α,β-unsaturated/α-hetero) is 1. The molecule has 1 amide bonds. The molecule has 0 saturated carbocycles. The first kappa shape index (κ1) is 18.9. The predicted octanol–water partition coefficient (Wildman–Crippen LogP) is 4.79. The fourth-order valence-electron chi connectivity index (χ4n) is 2.31. The van der Waals surface area contributed by atoms with Crippen LogP contribution in [0.5, 0.6) is 5.75 Å². The van der Waals surface area contributed by atoms with Crippen LogP contribution in [0.2, 0.25) is 10.0 Å². The van der Waals surface area contributed by atoms with Crippen LogP contribution in [0.4, 0.5) is 5.69 Å². The minimum absolute atomic E-state index is 0.156. The Labute approximate surface area is 165 Å². The fourth-order valence-corrected chi connectivity index (χ4v) is 2.68. The van der Waals surface area contributed by atoms with Crippen LogP contribution in [-0.4, -0.2) is 16.7 Å². The highest BCUT2D eigenvalue weighted by molar-refractivity contribution is 6.46. The molecule has 0 saturated heterocycles. The van der Waals surface area contributed by atoms with E-state index in [1.807, 2.05) is 0 Å². The number of amides is 1. The lowest BCUT2D eigenvalue weighted by atomic mass is 10.2. The Balaban J connectivity index is 1.73. The summed E-state index contributed by atoms with van der Waals surface area (Å²) in [5, 5.41) is 3.63. The lowest BCUT2D eigenvalue weighted by Crippen LogP contribution is -2.23. The number of nitrogens with one attached hydrogen (secondary N) is 1. The number of carbonyl (C=O) groups is 2. The fraction of sp³-hybridized carbons (Fsp3) is 0.0500. The predicted molar refractivity (Wildman–Crippen MR) is 104 cm³/mol. The molecular weight excluding hydrogens is 387 g/mol. The number of ketones is 1. The Bertz CT molecular complexity index is 978. The minimum atomic E-state index is -0.778. The van der Waals surface area contributed by atoms with Crippen molar-refractivity contribution in [3.63, 3.8) is 0 Å². The zero-order chi connectivity index (χ0) is 19.2. The lowest BCUT2D eigenvalue weighted by molar-refractivity contribution is -0.112. The largest absolute Gasteiger partial charge is 0.487 e. The van der Waals surface area contributed by atoms with Gasteiger partial charge in [-0.25, -0.2) is 0 Å². The summed E-state index contributed by atoms with van der Waals surface area (Å²) in [4.78, 5) is 28.3. The zero-order valence-electron chi connectivity index (χ0n) is 14.0. The monoisotopic (exact) mass is 400 g/mol. The van der Waals surface area contributed by atoms with Gasteiger partial charge in [0.2, 0.25) is 0 Å². The van der Waals surface area contributed by atoms with Crippen LogP contribution in [-0.2, 0) is 11.4 Å². The van der Waals surface area contributed by atoms with Crippen molar-refractivity contribution in [2.75, 3.05) is 5.32 Å². The van der Waals surface area contributed by atoms with Crippen LogP contribution in [0.3, 0.4) is 0 Å². The summed E-state index contributed by atoms with van der Waals surface area (Å²) >= 11 is 12.1. The molecule has 0 aliphatic rings. The van der Waals surface area contributed by atoms with Crippen molar-refractivity contribution in [1.29, 1.82) is 0 Å². The molecule has 0 aliphatic carbocycles. The molecule has 3 aromatic rings. The van der Waals surface area contributed by atoms with Crippen LogP contribution in [0.15, 0.2) is 67.0 Å². The quantitative estimate of drug-likeness (QED) is 0.477. The van der Waals surface area contributed by atoms with Crippen LogP contribution in [0.25, 0.3) is 0 Å². The summed E-state index contributed by atoms with van der Waals surface area (Å²) in [5.74, 6) is -1.06. The number of ether oxygens (including phenoxy) is 1. The van der Waals surface area contributed by atoms with Gasteiger partial charge in [-0.2, -0.15) is 0 Å². The molecule has 1 N–H and O–H groups in total.